The first kappa shape index (κ1) is 22.8. The number of hydrogen-bond donors (Lipinski definition) is 1. The lowest BCUT2D eigenvalue weighted by atomic mass is 10.2. The van der Waals surface area contributed by atoms with Crippen molar-refractivity contribution in [2.45, 2.75) is 25.7 Å². The molecule has 1 atom stereocenters. The average molecular weight is 477 g/mol. The number of rotatable bonds is 5. The Bertz CT molecular complexity index is 1240. The summed E-state index contributed by atoms with van der Waals surface area (Å²) in [4.78, 5) is 28.2. The topological polar surface area (TPSA) is 80.9 Å². The Hall–Kier alpha value is -2.92. The highest BCUT2D eigenvalue weighted by Gasteiger charge is 2.31. The Morgan fingerprint density at radius 2 is 1.97 bits per heavy atom. The van der Waals surface area contributed by atoms with Gasteiger partial charge in [-0.25, -0.2) is 9.18 Å². The van der Waals surface area contributed by atoms with Crippen molar-refractivity contribution in [3.8, 4) is 5.75 Å². The number of benzene rings is 2. The van der Waals surface area contributed by atoms with Crippen molar-refractivity contribution < 1.29 is 37.0 Å². The molecular weight excluding hydrogens is 464 g/mol. The molecule has 0 spiro atoms. The number of carbonyl (C=O) groups is 2. The fraction of sp³-hybridized carbons (Fsp3) is 0.211. The van der Waals surface area contributed by atoms with E-state index in [1.54, 1.807) is 6.92 Å². The van der Waals surface area contributed by atoms with Gasteiger partial charge in [0.25, 0.3) is 5.91 Å². The molecule has 0 aliphatic heterocycles. The molecule has 6 nitrogen and oxygen atoms in total. The van der Waals surface area contributed by atoms with Crippen molar-refractivity contribution in [1.29, 1.82) is 0 Å². The number of carbonyl (C=O) groups excluding carboxylic acids is 1. The number of ether oxygens (including phenoxy) is 1. The van der Waals surface area contributed by atoms with Crippen LogP contribution in [0.4, 0.5) is 17.6 Å². The van der Waals surface area contributed by atoms with Crippen LogP contribution in [0.1, 0.15) is 29.7 Å². The third kappa shape index (κ3) is 5.05. The first-order valence-electron chi connectivity index (χ1n) is 8.68. The maximum atomic E-state index is 13.4. The minimum Gasteiger partial charge on any atom is -0.480 e. The predicted molar refractivity (Wildman–Crippen MR) is 105 cm³/mol. The number of nitrogens with zero attached hydrogens (tertiary/aromatic N) is 2. The van der Waals surface area contributed by atoms with Crippen LogP contribution in [-0.4, -0.2) is 27.9 Å². The molecule has 1 N–H and O–H groups in total. The van der Waals surface area contributed by atoms with Gasteiger partial charge in [0.1, 0.15) is 17.6 Å². The Kier molecular flexibility index (Phi) is 6.37. The molecule has 0 saturated carbocycles. The Morgan fingerprint density at radius 1 is 1.26 bits per heavy atom. The van der Waals surface area contributed by atoms with Crippen LogP contribution in [0, 0.1) is 5.82 Å². The molecule has 1 unspecified atom stereocenters. The van der Waals surface area contributed by atoms with Gasteiger partial charge in [0.05, 0.1) is 15.2 Å². The van der Waals surface area contributed by atoms with Crippen LogP contribution in [0.25, 0.3) is 10.2 Å². The van der Waals surface area contributed by atoms with E-state index in [-0.39, 0.29) is 32.0 Å². The molecule has 1 amide bonds. The Balaban J connectivity index is 2.19. The normalized spacial score (nSPS) is 13.4. The van der Waals surface area contributed by atoms with Gasteiger partial charge in [-0.1, -0.05) is 29.9 Å². The maximum absolute atomic E-state index is 13.4. The monoisotopic (exact) mass is 476 g/mol. The third-order valence-corrected chi connectivity index (χ3v) is 5.49. The number of halogens is 5. The highest BCUT2D eigenvalue weighted by atomic mass is 35.5. The number of amides is 1. The molecule has 0 bridgehead atoms. The van der Waals surface area contributed by atoms with Gasteiger partial charge < -0.3 is 14.4 Å². The molecule has 0 radical (unpaired) electrons. The van der Waals surface area contributed by atoms with E-state index in [9.17, 15) is 32.3 Å². The van der Waals surface area contributed by atoms with Crippen LogP contribution in [-0.2, 0) is 4.79 Å². The SMILES string of the molecule is CCC(C(=O)O)n1/c(=N/C(=O)c2ccc(F)c(Cl)c2)sc2cc(OC(F)(F)F)ccc21. The second kappa shape index (κ2) is 8.67. The van der Waals surface area contributed by atoms with E-state index in [4.69, 9.17) is 11.6 Å². The van der Waals surface area contributed by atoms with E-state index in [1.165, 1.54) is 10.6 Å². The van der Waals surface area contributed by atoms with Crippen molar-refractivity contribution in [1.82, 2.24) is 4.57 Å². The highest BCUT2D eigenvalue weighted by Crippen LogP contribution is 2.30. The fourth-order valence-electron chi connectivity index (χ4n) is 2.85. The zero-order valence-electron chi connectivity index (χ0n) is 15.6. The molecule has 31 heavy (non-hydrogen) atoms. The van der Waals surface area contributed by atoms with Crippen molar-refractivity contribution in [2.24, 2.45) is 4.99 Å². The van der Waals surface area contributed by atoms with Gasteiger partial charge in [-0.05, 0) is 42.8 Å². The minimum atomic E-state index is -4.90. The number of thiazole rings is 1. The highest BCUT2D eigenvalue weighted by molar-refractivity contribution is 7.16. The number of aromatic nitrogens is 1. The largest absolute Gasteiger partial charge is 0.573 e. The first-order valence-corrected chi connectivity index (χ1v) is 9.87. The lowest BCUT2D eigenvalue weighted by molar-refractivity contribution is -0.274. The molecule has 164 valence electrons. The van der Waals surface area contributed by atoms with E-state index in [1.807, 2.05) is 0 Å². The van der Waals surface area contributed by atoms with Crippen LogP contribution in [0.2, 0.25) is 5.02 Å². The molecular formula is C19H13ClF4N2O4S. The van der Waals surface area contributed by atoms with E-state index in [0.29, 0.717) is 0 Å². The maximum Gasteiger partial charge on any atom is 0.573 e. The standard InChI is InChI=1S/C19H13ClF4N2O4S/c1-2-13(17(28)29)26-14-6-4-10(30-19(22,23)24)8-15(14)31-18(26)25-16(27)9-3-5-12(21)11(20)7-9/h3-8,13H,2H2,1H3,(H,28,29)/b25-18-. The summed E-state index contributed by atoms with van der Waals surface area (Å²) in [5, 5.41) is 9.28. The first-order chi connectivity index (χ1) is 14.5. The van der Waals surface area contributed by atoms with Gasteiger partial charge in [-0.3, -0.25) is 4.79 Å². The summed E-state index contributed by atoms with van der Waals surface area (Å²) in [7, 11) is 0. The molecule has 2 aromatic carbocycles. The number of alkyl halides is 3. The van der Waals surface area contributed by atoms with E-state index in [0.717, 1.165) is 41.7 Å². The van der Waals surface area contributed by atoms with Crippen LogP contribution in [0.15, 0.2) is 41.4 Å². The molecule has 0 aliphatic carbocycles. The predicted octanol–water partition coefficient (Wildman–Crippen LogP) is 5.17. The number of carboxylic acids is 1. The number of aliphatic carboxylic acids is 1. The van der Waals surface area contributed by atoms with E-state index < -0.39 is 35.8 Å². The quantitative estimate of drug-likeness (QED) is 0.515. The van der Waals surface area contributed by atoms with Crippen molar-refractivity contribution in [3.05, 3.63) is 57.6 Å². The Morgan fingerprint density at radius 3 is 2.55 bits per heavy atom. The molecule has 0 fully saturated rings. The summed E-state index contributed by atoms with van der Waals surface area (Å²) in [5.41, 5.74) is 0.220. The summed E-state index contributed by atoms with van der Waals surface area (Å²) in [5.74, 6) is -3.27. The zero-order chi connectivity index (χ0) is 22.9. The van der Waals surface area contributed by atoms with Crippen LogP contribution in [0.3, 0.4) is 0 Å². The lowest BCUT2D eigenvalue weighted by Crippen LogP contribution is -2.27. The Labute approximate surface area is 181 Å². The van der Waals surface area contributed by atoms with Gasteiger partial charge in [-0.15, -0.1) is 13.2 Å². The second-order valence-electron chi connectivity index (χ2n) is 6.24. The van der Waals surface area contributed by atoms with Crippen molar-refractivity contribution in [2.75, 3.05) is 0 Å². The molecule has 3 rings (SSSR count). The number of carboxylic acid groups (broad SMARTS) is 1. The van der Waals surface area contributed by atoms with Crippen LogP contribution < -0.4 is 9.54 Å². The minimum absolute atomic E-state index is 0.0418. The van der Waals surface area contributed by atoms with Gasteiger partial charge in [0, 0.05) is 5.56 Å². The second-order valence-corrected chi connectivity index (χ2v) is 7.66. The fourth-order valence-corrected chi connectivity index (χ4v) is 4.12. The smallest absolute Gasteiger partial charge is 0.480 e. The lowest BCUT2D eigenvalue weighted by Gasteiger charge is -2.14. The molecule has 12 heteroatoms. The van der Waals surface area contributed by atoms with Crippen molar-refractivity contribution in [3.63, 3.8) is 0 Å². The zero-order valence-corrected chi connectivity index (χ0v) is 17.2. The average Bonchev–Trinajstić information content (AvgIpc) is 3.00. The summed E-state index contributed by atoms with van der Waals surface area (Å²) < 4.78 is 56.3. The number of hydrogen-bond acceptors (Lipinski definition) is 4. The van der Waals surface area contributed by atoms with Gasteiger partial charge >= 0.3 is 12.3 Å². The van der Waals surface area contributed by atoms with E-state index in [2.05, 4.69) is 9.73 Å². The molecule has 0 aliphatic rings. The summed E-state index contributed by atoms with van der Waals surface area (Å²) in [6.07, 6.45) is -4.79. The van der Waals surface area contributed by atoms with Gasteiger partial charge in [0.2, 0.25) is 0 Å². The van der Waals surface area contributed by atoms with E-state index >= 15 is 0 Å². The molecule has 3 aromatic rings. The third-order valence-electron chi connectivity index (χ3n) is 4.18. The van der Waals surface area contributed by atoms with Crippen molar-refractivity contribution >= 4 is 45.0 Å². The molecule has 1 heterocycles. The summed E-state index contributed by atoms with van der Waals surface area (Å²) in [6, 6.07) is 5.47. The van der Waals surface area contributed by atoms with Gasteiger partial charge in [0.15, 0.2) is 4.80 Å². The van der Waals surface area contributed by atoms with Crippen LogP contribution in [0.5, 0.6) is 5.75 Å². The van der Waals surface area contributed by atoms with Crippen LogP contribution >= 0.6 is 22.9 Å². The summed E-state index contributed by atoms with van der Waals surface area (Å²) in [6.45, 7) is 1.60. The molecule has 0 saturated heterocycles. The van der Waals surface area contributed by atoms with Gasteiger partial charge in [-0.2, -0.15) is 4.99 Å². The summed E-state index contributed by atoms with van der Waals surface area (Å²) >= 11 is 6.50. The number of fused-ring (bicyclic) bond motifs is 1. The molecule has 1 aromatic heterocycles.